The number of rotatable bonds is 6. The molecule has 1 unspecified atom stereocenters. The van der Waals surface area contributed by atoms with Crippen LogP contribution in [0.25, 0.3) is 0 Å². The fourth-order valence-electron chi connectivity index (χ4n) is 3.52. The summed E-state index contributed by atoms with van der Waals surface area (Å²) in [5.41, 5.74) is 2.75. The first-order valence-electron chi connectivity index (χ1n) is 9.80. The van der Waals surface area contributed by atoms with Crippen molar-refractivity contribution in [1.82, 2.24) is 0 Å². The van der Waals surface area contributed by atoms with Crippen LogP contribution in [0.1, 0.15) is 55.5 Å². The van der Waals surface area contributed by atoms with Crippen molar-refractivity contribution in [1.29, 1.82) is 0 Å². The van der Waals surface area contributed by atoms with Crippen molar-refractivity contribution in [3.8, 4) is 0 Å². The maximum atomic E-state index is 13.0. The molecule has 0 saturated heterocycles. The molecule has 0 saturated carbocycles. The van der Waals surface area contributed by atoms with Gasteiger partial charge in [0.1, 0.15) is 4.88 Å². The summed E-state index contributed by atoms with van der Waals surface area (Å²) >= 11 is 1.44. The highest BCUT2D eigenvalue weighted by atomic mass is 32.1. The predicted octanol–water partition coefficient (Wildman–Crippen LogP) is 4.98. The van der Waals surface area contributed by atoms with Gasteiger partial charge in [0.15, 0.2) is 5.78 Å². The molecule has 1 heterocycles. The summed E-state index contributed by atoms with van der Waals surface area (Å²) < 4.78 is 5.66. The molecule has 0 bridgehead atoms. The Balaban J connectivity index is 1.56. The Morgan fingerprint density at radius 2 is 1.80 bits per heavy atom. The second-order valence-corrected chi connectivity index (χ2v) is 8.37. The number of fused-ring (bicyclic) bond motifs is 1. The number of benzene rings is 2. The lowest BCUT2D eigenvalue weighted by Crippen LogP contribution is -2.25. The van der Waals surface area contributed by atoms with Crippen LogP contribution >= 0.6 is 11.3 Å². The highest BCUT2D eigenvalue weighted by Crippen LogP contribution is 2.32. The quantitative estimate of drug-likeness (QED) is 0.452. The Morgan fingerprint density at radius 3 is 2.53 bits per heavy atom. The van der Waals surface area contributed by atoms with Crippen molar-refractivity contribution in [2.24, 2.45) is 0 Å². The molecule has 2 aromatic carbocycles. The summed E-state index contributed by atoms with van der Waals surface area (Å²) in [6, 6.07) is 17.5. The minimum absolute atomic E-state index is 0.0946. The molecule has 0 radical (unpaired) electrons. The third kappa shape index (κ3) is 4.33. The zero-order valence-electron chi connectivity index (χ0n) is 16.5. The van der Waals surface area contributed by atoms with Gasteiger partial charge in [-0.1, -0.05) is 42.5 Å². The molecule has 1 aliphatic carbocycles. The molecule has 1 aliphatic rings. The highest BCUT2D eigenvalue weighted by molar-refractivity contribution is 7.14. The fraction of sp³-hybridized carbons (Fsp3) is 0.208. The predicted molar refractivity (Wildman–Crippen MR) is 116 cm³/mol. The van der Waals surface area contributed by atoms with E-state index in [1.165, 1.54) is 28.7 Å². The minimum atomic E-state index is -1.10. The number of Topliss-reactive ketones (excluding diaryl/α,β-unsaturated/α-hetero) is 1. The Hall–Kier alpha value is -3.25. The van der Waals surface area contributed by atoms with Gasteiger partial charge in [-0.2, -0.15) is 0 Å². The molecule has 1 aromatic heterocycles. The molecule has 1 amide bonds. The number of thiophene rings is 1. The molecule has 1 atom stereocenters. The summed E-state index contributed by atoms with van der Waals surface area (Å²) in [4.78, 5) is 39.2. The lowest BCUT2D eigenvalue weighted by Gasteiger charge is -2.18. The summed E-state index contributed by atoms with van der Waals surface area (Å²) in [7, 11) is 0. The van der Waals surface area contributed by atoms with E-state index < -0.39 is 18.0 Å². The van der Waals surface area contributed by atoms with Gasteiger partial charge in [-0.15, -0.1) is 11.3 Å². The maximum Gasteiger partial charge on any atom is 0.349 e. The summed E-state index contributed by atoms with van der Waals surface area (Å²) in [6.07, 6.45) is 1.98. The molecule has 0 aliphatic heterocycles. The molecule has 3 aromatic rings. The lowest BCUT2D eigenvalue weighted by molar-refractivity contribution is -0.125. The average molecular weight is 420 g/mol. The van der Waals surface area contributed by atoms with E-state index in [0.29, 0.717) is 21.7 Å². The van der Waals surface area contributed by atoms with E-state index in [1.807, 2.05) is 12.1 Å². The smallest absolute Gasteiger partial charge is 0.349 e. The number of anilines is 1. The van der Waals surface area contributed by atoms with Crippen LogP contribution in [0, 0.1) is 0 Å². The second-order valence-electron chi connectivity index (χ2n) is 7.23. The molecular formula is C24H21NO4S. The Bertz CT molecular complexity index is 1080. The molecule has 1 N–H and O–H groups in total. The van der Waals surface area contributed by atoms with E-state index in [9.17, 15) is 14.4 Å². The van der Waals surface area contributed by atoms with Gasteiger partial charge in [0.05, 0.1) is 0 Å². The van der Waals surface area contributed by atoms with Crippen molar-refractivity contribution in [2.75, 3.05) is 5.32 Å². The molecule has 0 fully saturated rings. The van der Waals surface area contributed by atoms with Gasteiger partial charge in [-0.25, -0.2) is 4.79 Å². The monoisotopic (exact) mass is 419 g/mol. The maximum absolute atomic E-state index is 13.0. The first kappa shape index (κ1) is 20.0. The van der Waals surface area contributed by atoms with Gasteiger partial charge < -0.3 is 10.1 Å². The number of carbonyl (C=O) groups is 3. The van der Waals surface area contributed by atoms with Crippen molar-refractivity contribution < 1.29 is 19.1 Å². The van der Waals surface area contributed by atoms with Crippen LogP contribution in [0.3, 0.4) is 0 Å². The summed E-state index contributed by atoms with van der Waals surface area (Å²) in [5.74, 6) is -1.07. The minimum Gasteiger partial charge on any atom is -0.443 e. The zero-order chi connectivity index (χ0) is 21.1. The Labute approximate surface area is 178 Å². The molecule has 30 heavy (non-hydrogen) atoms. The highest BCUT2D eigenvalue weighted by Gasteiger charge is 2.28. The van der Waals surface area contributed by atoms with Gasteiger partial charge in [0.25, 0.3) is 5.91 Å². The number of nitrogens with one attached hydrogen (secondary N) is 1. The third-order valence-corrected chi connectivity index (χ3v) is 6.27. The molecular weight excluding hydrogens is 398 g/mol. The number of hydrogen-bond acceptors (Lipinski definition) is 5. The summed E-state index contributed by atoms with van der Waals surface area (Å²) in [6.45, 7) is 1.47. The van der Waals surface area contributed by atoms with Crippen LogP contribution in [-0.4, -0.2) is 17.7 Å². The molecule has 0 spiro atoms. The topological polar surface area (TPSA) is 72.5 Å². The first-order valence-corrected chi connectivity index (χ1v) is 10.6. The Kier molecular flexibility index (Phi) is 5.77. The fourth-order valence-corrected chi connectivity index (χ4v) is 4.66. The van der Waals surface area contributed by atoms with Gasteiger partial charge in [0.2, 0.25) is 6.10 Å². The van der Waals surface area contributed by atoms with Crippen LogP contribution in [0.15, 0.2) is 60.7 Å². The number of carbonyl (C=O) groups excluding carboxylic acids is 3. The van der Waals surface area contributed by atoms with E-state index in [1.54, 1.807) is 48.5 Å². The number of amides is 1. The van der Waals surface area contributed by atoms with Crippen molar-refractivity contribution >= 4 is 34.7 Å². The summed E-state index contributed by atoms with van der Waals surface area (Å²) in [5, 5.41) is 2.77. The van der Waals surface area contributed by atoms with E-state index in [-0.39, 0.29) is 5.78 Å². The normalized spacial score (nSPS) is 13.4. The SMILES string of the molecule is CC(=O)c1cccc(NC(=O)C(OC(=O)c2cc3c(s2)CCC3)c2ccccc2)c1. The standard InChI is InChI=1S/C24H21NO4S/c1-15(26)17-9-5-11-19(13-17)25-23(27)22(16-7-3-2-4-8-16)29-24(28)21-14-18-10-6-12-20(18)30-21/h2-5,7-9,11,13-14,22H,6,10,12H2,1H3,(H,25,27). The largest absolute Gasteiger partial charge is 0.443 e. The third-order valence-electron chi connectivity index (χ3n) is 5.05. The van der Waals surface area contributed by atoms with Crippen LogP contribution in [0.2, 0.25) is 0 Å². The average Bonchev–Trinajstić information content (AvgIpc) is 3.35. The van der Waals surface area contributed by atoms with E-state index in [4.69, 9.17) is 4.74 Å². The van der Waals surface area contributed by atoms with E-state index >= 15 is 0 Å². The number of ether oxygens (including phenoxy) is 1. The van der Waals surface area contributed by atoms with Crippen LogP contribution in [-0.2, 0) is 22.4 Å². The van der Waals surface area contributed by atoms with Crippen LogP contribution < -0.4 is 5.32 Å². The van der Waals surface area contributed by atoms with E-state index in [2.05, 4.69) is 5.32 Å². The second kappa shape index (κ2) is 8.63. The van der Waals surface area contributed by atoms with Gasteiger partial charge >= 0.3 is 5.97 Å². The van der Waals surface area contributed by atoms with Crippen molar-refractivity contribution in [2.45, 2.75) is 32.3 Å². The van der Waals surface area contributed by atoms with E-state index in [0.717, 1.165) is 19.3 Å². The van der Waals surface area contributed by atoms with Gasteiger partial charge in [-0.3, -0.25) is 9.59 Å². The first-order chi connectivity index (χ1) is 14.5. The molecule has 6 heteroatoms. The van der Waals surface area contributed by atoms with Crippen molar-refractivity contribution in [3.05, 3.63) is 87.1 Å². The number of aryl methyl sites for hydroxylation is 2. The van der Waals surface area contributed by atoms with Gasteiger partial charge in [-0.05, 0) is 49.9 Å². The molecule has 5 nitrogen and oxygen atoms in total. The van der Waals surface area contributed by atoms with Crippen molar-refractivity contribution in [3.63, 3.8) is 0 Å². The van der Waals surface area contributed by atoms with Crippen LogP contribution in [0.4, 0.5) is 5.69 Å². The van der Waals surface area contributed by atoms with Gasteiger partial charge in [0, 0.05) is 21.7 Å². The number of esters is 1. The Morgan fingerprint density at radius 1 is 1.00 bits per heavy atom. The lowest BCUT2D eigenvalue weighted by atomic mass is 10.1. The zero-order valence-corrected chi connectivity index (χ0v) is 17.3. The molecule has 152 valence electrons. The number of ketones is 1. The number of hydrogen-bond donors (Lipinski definition) is 1. The molecule has 4 rings (SSSR count). The van der Waals surface area contributed by atoms with Crippen LogP contribution in [0.5, 0.6) is 0 Å².